The number of hydrogen-bond donors (Lipinski definition) is 0. The summed E-state index contributed by atoms with van der Waals surface area (Å²) in [6.07, 6.45) is 2.62. The molecule has 0 radical (unpaired) electrons. The number of nitrogens with zero attached hydrogens (tertiary/aromatic N) is 2. The second-order valence-electron chi connectivity index (χ2n) is 9.19. The summed E-state index contributed by atoms with van der Waals surface area (Å²) in [6, 6.07) is 8.66. The average Bonchev–Trinajstić information content (AvgIpc) is 2.81. The van der Waals surface area contributed by atoms with Crippen LogP contribution in [0.1, 0.15) is 48.5 Å². The number of carbonyl (C=O) groups is 1. The number of piperidine rings is 1. The van der Waals surface area contributed by atoms with Gasteiger partial charge in [-0.05, 0) is 55.0 Å². The number of methoxy groups -OCH3 is 1. The predicted octanol–water partition coefficient (Wildman–Crippen LogP) is 5.66. The number of hydrogen-bond acceptors (Lipinski definition) is 5. The maximum Gasteiger partial charge on any atom is 0.255 e. The van der Waals surface area contributed by atoms with Gasteiger partial charge in [0, 0.05) is 32.2 Å². The lowest BCUT2D eigenvalue weighted by molar-refractivity contribution is 0.0754. The number of halogens is 2. The Labute approximate surface area is 218 Å². The van der Waals surface area contributed by atoms with E-state index in [1.54, 1.807) is 37.3 Å². The lowest BCUT2D eigenvalue weighted by Gasteiger charge is -2.32. The maximum absolute atomic E-state index is 13.2. The normalized spacial score (nSPS) is 15.3. The maximum atomic E-state index is 13.2. The fourth-order valence-electron chi connectivity index (χ4n) is 4.24. The second kappa shape index (κ2) is 11.4. The SMILES string of the molecule is COc1ccc(Oc2c(Cl)ccc(C(=O)N(C)CC3CCN(S(C)(=O)=O)CC3)c2Cl)cc1C(C)C. The van der Waals surface area contributed by atoms with Gasteiger partial charge in [0.05, 0.1) is 29.0 Å². The molecular formula is C25H32Cl2N2O5S. The third-order valence-corrected chi connectivity index (χ3v) is 8.22. The summed E-state index contributed by atoms with van der Waals surface area (Å²) in [5.41, 5.74) is 1.27. The molecule has 2 aromatic rings. The van der Waals surface area contributed by atoms with Crippen LogP contribution in [-0.2, 0) is 10.0 Å². The van der Waals surface area contributed by atoms with Crippen LogP contribution in [0.4, 0.5) is 0 Å². The molecule has 0 bridgehead atoms. The van der Waals surface area contributed by atoms with E-state index < -0.39 is 10.0 Å². The first-order chi connectivity index (χ1) is 16.4. The van der Waals surface area contributed by atoms with Gasteiger partial charge in [0.1, 0.15) is 11.5 Å². The molecule has 0 unspecified atom stereocenters. The van der Waals surface area contributed by atoms with Gasteiger partial charge in [0.2, 0.25) is 10.0 Å². The summed E-state index contributed by atoms with van der Waals surface area (Å²) in [5, 5.41) is 0.437. The first kappa shape index (κ1) is 27.6. The Bertz CT molecular complexity index is 1180. The summed E-state index contributed by atoms with van der Waals surface area (Å²) < 4.78 is 36.4. The van der Waals surface area contributed by atoms with Crippen molar-refractivity contribution >= 4 is 39.1 Å². The Hall–Kier alpha value is -2.00. The molecule has 1 amide bonds. The van der Waals surface area contributed by atoms with Gasteiger partial charge in [0.25, 0.3) is 5.91 Å². The monoisotopic (exact) mass is 542 g/mol. The van der Waals surface area contributed by atoms with Crippen molar-refractivity contribution in [2.45, 2.75) is 32.6 Å². The van der Waals surface area contributed by atoms with Crippen LogP contribution >= 0.6 is 23.2 Å². The van der Waals surface area contributed by atoms with E-state index in [1.165, 1.54) is 10.6 Å². The molecule has 0 N–H and O–H groups in total. The van der Waals surface area contributed by atoms with Crippen LogP contribution in [0, 0.1) is 5.92 Å². The molecule has 10 heteroatoms. The van der Waals surface area contributed by atoms with Crippen LogP contribution in [0.15, 0.2) is 30.3 Å². The Morgan fingerprint density at radius 1 is 1.17 bits per heavy atom. The molecule has 0 aromatic heterocycles. The third kappa shape index (κ3) is 6.61. The molecule has 0 aliphatic carbocycles. The first-order valence-electron chi connectivity index (χ1n) is 11.5. The van der Waals surface area contributed by atoms with Gasteiger partial charge < -0.3 is 14.4 Å². The first-order valence-corrected chi connectivity index (χ1v) is 14.1. The number of sulfonamides is 1. The third-order valence-electron chi connectivity index (χ3n) is 6.24. The quantitative estimate of drug-likeness (QED) is 0.430. The predicted molar refractivity (Wildman–Crippen MR) is 140 cm³/mol. The number of ether oxygens (including phenoxy) is 2. The van der Waals surface area contributed by atoms with Gasteiger partial charge in [-0.1, -0.05) is 37.0 Å². The van der Waals surface area contributed by atoms with Crippen LogP contribution < -0.4 is 9.47 Å². The highest BCUT2D eigenvalue weighted by atomic mass is 35.5. The van der Waals surface area contributed by atoms with E-state index >= 15 is 0 Å². The summed E-state index contributed by atoms with van der Waals surface area (Å²) in [4.78, 5) is 14.8. The summed E-state index contributed by atoms with van der Waals surface area (Å²) in [6.45, 7) is 5.54. The van der Waals surface area contributed by atoms with E-state index in [0.29, 0.717) is 48.8 Å². The highest BCUT2D eigenvalue weighted by molar-refractivity contribution is 7.88. The summed E-state index contributed by atoms with van der Waals surface area (Å²) in [5.74, 6) is 1.68. The molecule has 0 spiro atoms. The summed E-state index contributed by atoms with van der Waals surface area (Å²) in [7, 11) is 0.151. The Balaban J connectivity index is 1.76. The minimum absolute atomic E-state index is 0.142. The van der Waals surface area contributed by atoms with Crippen molar-refractivity contribution in [1.82, 2.24) is 9.21 Å². The molecule has 1 aliphatic heterocycles. The van der Waals surface area contributed by atoms with Crippen LogP contribution in [0.5, 0.6) is 17.2 Å². The van der Waals surface area contributed by atoms with Crippen LogP contribution in [0.3, 0.4) is 0 Å². The molecular weight excluding hydrogens is 511 g/mol. The van der Waals surface area contributed by atoms with E-state index in [-0.39, 0.29) is 28.5 Å². The number of benzene rings is 2. The molecule has 1 saturated heterocycles. The van der Waals surface area contributed by atoms with Crippen molar-refractivity contribution in [1.29, 1.82) is 0 Å². The Morgan fingerprint density at radius 3 is 2.40 bits per heavy atom. The van der Waals surface area contributed by atoms with Gasteiger partial charge in [-0.25, -0.2) is 12.7 Å². The zero-order valence-electron chi connectivity index (χ0n) is 20.7. The van der Waals surface area contributed by atoms with Crippen molar-refractivity contribution in [3.8, 4) is 17.2 Å². The Morgan fingerprint density at radius 2 is 1.83 bits per heavy atom. The van der Waals surface area contributed by atoms with E-state index in [2.05, 4.69) is 13.8 Å². The van der Waals surface area contributed by atoms with E-state index in [4.69, 9.17) is 32.7 Å². The van der Waals surface area contributed by atoms with Gasteiger partial charge in [0.15, 0.2) is 5.75 Å². The number of rotatable bonds is 8. The summed E-state index contributed by atoms with van der Waals surface area (Å²) >= 11 is 13.0. The standard InChI is InChI=1S/C25H32Cl2N2O5S/c1-16(2)20-14-18(6-9-22(20)33-4)34-24-21(26)8-7-19(23(24)27)25(30)28(3)15-17-10-12-29(13-11-17)35(5,31)32/h6-9,14,16-17H,10-13,15H2,1-5H3. The second-order valence-corrected chi connectivity index (χ2v) is 12.0. The fraction of sp³-hybridized carbons (Fsp3) is 0.480. The topological polar surface area (TPSA) is 76.2 Å². The molecule has 1 aliphatic rings. The highest BCUT2D eigenvalue weighted by Gasteiger charge is 2.28. The smallest absolute Gasteiger partial charge is 0.255 e. The van der Waals surface area contributed by atoms with Crippen LogP contribution in [-0.4, -0.2) is 63.6 Å². The van der Waals surface area contributed by atoms with Crippen molar-refractivity contribution in [2.24, 2.45) is 5.92 Å². The van der Waals surface area contributed by atoms with Crippen molar-refractivity contribution in [3.05, 3.63) is 51.5 Å². The van der Waals surface area contributed by atoms with Gasteiger partial charge in [-0.3, -0.25) is 4.79 Å². The van der Waals surface area contributed by atoms with Crippen LogP contribution in [0.25, 0.3) is 0 Å². The van der Waals surface area contributed by atoms with Gasteiger partial charge >= 0.3 is 0 Å². The molecule has 2 aromatic carbocycles. The highest BCUT2D eigenvalue weighted by Crippen LogP contribution is 2.40. The van der Waals surface area contributed by atoms with Crippen molar-refractivity contribution in [3.63, 3.8) is 0 Å². The zero-order chi connectivity index (χ0) is 25.9. The number of amides is 1. The molecule has 1 fully saturated rings. The molecule has 1 heterocycles. The minimum Gasteiger partial charge on any atom is -0.496 e. The fourth-order valence-corrected chi connectivity index (χ4v) is 5.64. The van der Waals surface area contributed by atoms with E-state index in [1.807, 2.05) is 12.1 Å². The lowest BCUT2D eigenvalue weighted by Crippen LogP contribution is -2.41. The van der Waals surface area contributed by atoms with E-state index in [0.717, 1.165) is 11.3 Å². The molecule has 192 valence electrons. The Kier molecular flexibility index (Phi) is 8.96. The van der Waals surface area contributed by atoms with Crippen molar-refractivity contribution in [2.75, 3.05) is 40.0 Å². The van der Waals surface area contributed by atoms with E-state index in [9.17, 15) is 13.2 Å². The van der Waals surface area contributed by atoms with Crippen molar-refractivity contribution < 1.29 is 22.7 Å². The number of carbonyl (C=O) groups excluding carboxylic acids is 1. The molecule has 3 rings (SSSR count). The lowest BCUT2D eigenvalue weighted by atomic mass is 9.97. The van der Waals surface area contributed by atoms with Gasteiger partial charge in [-0.15, -0.1) is 0 Å². The van der Waals surface area contributed by atoms with Crippen LogP contribution in [0.2, 0.25) is 10.0 Å². The zero-order valence-corrected chi connectivity index (χ0v) is 23.0. The largest absolute Gasteiger partial charge is 0.496 e. The molecule has 0 saturated carbocycles. The molecule has 0 atom stereocenters. The minimum atomic E-state index is -3.19. The van der Waals surface area contributed by atoms with Gasteiger partial charge in [-0.2, -0.15) is 0 Å². The molecule has 35 heavy (non-hydrogen) atoms. The molecule has 7 nitrogen and oxygen atoms in total. The average molecular weight is 544 g/mol.